The molecule has 0 amide bonds. The molecule has 38 heavy (non-hydrogen) atoms. The van der Waals surface area contributed by atoms with E-state index in [9.17, 15) is 9.13 Å². The second-order valence-corrected chi connectivity index (χ2v) is 18.8. The standard InChI is InChI=1S/C32H34N2O2P2/c1-31(2,3)37(35,25-13-9-7-10-14-25)27-21-19-23-17-18-24-20-22-28(34-30(24)29(23)33-27)38(36,32(4,5)6)26-15-11-8-12-16-26/h7-22H,1-6H3. The van der Waals surface area contributed by atoms with Crippen molar-refractivity contribution in [2.75, 3.05) is 0 Å². The molecule has 0 radical (unpaired) electrons. The summed E-state index contributed by atoms with van der Waals surface area (Å²) < 4.78 is 29.7. The lowest BCUT2D eigenvalue weighted by Crippen LogP contribution is -2.32. The van der Waals surface area contributed by atoms with E-state index < -0.39 is 24.6 Å². The van der Waals surface area contributed by atoms with Crippen molar-refractivity contribution in [1.29, 1.82) is 0 Å². The van der Waals surface area contributed by atoms with Crippen LogP contribution in [0.4, 0.5) is 0 Å². The zero-order chi connectivity index (χ0) is 27.3. The number of fused-ring (bicyclic) bond motifs is 3. The van der Waals surface area contributed by atoms with Crippen LogP contribution >= 0.6 is 14.3 Å². The Hall–Kier alpha value is -3.06. The fourth-order valence-corrected chi connectivity index (χ4v) is 10.8. The summed E-state index contributed by atoms with van der Waals surface area (Å²) in [6.45, 7) is 12.0. The first-order valence-corrected chi connectivity index (χ1v) is 16.3. The minimum Gasteiger partial charge on any atom is -0.311 e. The number of rotatable bonds is 4. The molecule has 2 unspecified atom stereocenters. The zero-order valence-electron chi connectivity index (χ0n) is 22.8. The third-order valence-electron chi connectivity index (χ3n) is 7.26. The number of pyridine rings is 2. The molecule has 5 aromatic rings. The van der Waals surface area contributed by atoms with Crippen molar-refractivity contribution in [3.8, 4) is 0 Å². The molecule has 3 aromatic carbocycles. The van der Waals surface area contributed by atoms with Crippen LogP contribution in [0.25, 0.3) is 21.8 Å². The highest BCUT2D eigenvalue weighted by atomic mass is 31.2. The van der Waals surface area contributed by atoms with Crippen molar-refractivity contribution in [3.05, 3.63) is 97.1 Å². The van der Waals surface area contributed by atoms with Crippen molar-refractivity contribution in [2.45, 2.75) is 51.9 Å². The normalized spacial score (nSPS) is 15.7. The molecule has 4 nitrogen and oxygen atoms in total. The largest absolute Gasteiger partial charge is 0.311 e. The average Bonchev–Trinajstić information content (AvgIpc) is 2.91. The van der Waals surface area contributed by atoms with E-state index in [0.29, 0.717) is 21.9 Å². The van der Waals surface area contributed by atoms with Gasteiger partial charge in [-0.1, -0.05) is 126 Å². The van der Waals surface area contributed by atoms with Gasteiger partial charge in [-0.3, -0.25) is 0 Å². The van der Waals surface area contributed by atoms with Gasteiger partial charge in [0.15, 0.2) is 14.3 Å². The molecule has 2 aromatic heterocycles. The Labute approximate surface area is 225 Å². The van der Waals surface area contributed by atoms with Crippen LogP contribution in [0.2, 0.25) is 0 Å². The number of hydrogen-bond donors (Lipinski definition) is 0. The smallest absolute Gasteiger partial charge is 0.165 e. The van der Waals surface area contributed by atoms with Crippen LogP contribution in [0.3, 0.4) is 0 Å². The van der Waals surface area contributed by atoms with Gasteiger partial charge in [0, 0.05) is 31.7 Å². The van der Waals surface area contributed by atoms with E-state index in [1.54, 1.807) is 0 Å². The molecule has 0 saturated heterocycles. The number of hydrogen-bond acceptors (Lipinski definition) is 4. The Kier molecular flexibility index (Phi) is 6.49. The monoisotopic (exact) mass is 540 g/mol. The SMILES string of the molecule is CC(C)(C)P(=O)(c1ccccc1)c1ccc2ccc3ccc(P(=O)(c4ccccc4)C(C)(C)C)nc3c2n1. The van der Waals surface area contributed by atoms with Crippen LogP contribution in [0.1, 0.15) is 41.5 Å². The molecule has 0 spiro atoms. The van der Waals surface area contributed by atoms with Crippen molar-refractivity contribution >= 4 is 57.6 Å². The molecule has 194 valence electrons. The highest BCUT2D eigenvalue weighted by molar-refractivity contribution is 7.80. The molecule has 0 fully saturated rings. The van der Waals surface area contributed by atoms with Gasteiger partial charge in [-0.15, -0.1) is 0 Å². The van der Waals surface area contributed by atoms with E-state index in [-0.39, 0.29) is 0 Å². The minimum absolute atomic E-state index is 0.534. The maximum atomic E-state index is 14.8. The highest BCUT2D eigenvalue weighted by Crippen LogP contribution is 2.56. The maximum Gasteiger partial charge on any atom is 0.165 e. The molecular weight excluding hydrogens is 506 g/mol. The van der Waals surface area contributed by atoms with E-state index in [1.807, 2.05) is 139 Å². The van der Waals surface area contributed by atoms with Gasteiger partial charge in [0.1, 0.15) is 10.9 Å². The van der Waals surface area contributed by atoms with E-state index in [2.05, 4.69) is 0 Å². The van der Waals surface area contributed by atoms with Crippen LogP contribution in [0.5, 0.6) is 0 Å². The molecule has 6 heteroatoms. The number of aromatic nitrogens is 2. The predicted molar refractivity (Wildman–Crippen MR) is 163 cm³/mol. The van der Waals surface area contributed by atoms with Crippen LogP contribution in [-0.2, 0) is 9.13 Å². The lowest BCUT2D eigenvalue weighted by atomic mass is 10.1. The average molecular weight is 541 g/mol. The zero-order valence-corrected chi connectivity index (χ0v) is 24.6. The third-order valence-corrected chi connectivity index (χ3v) is 14.9. The molecule has 0 aliphatic rings. The first-order valence-electron chi connectivity index (χ1n) is 12.9. The second kappa shape index (κ2) is 9.30. The van der Waals surface area contributed by atoms with Gasteiger partial charge < -0.3 is 9.13 Å². The molecule has 0 bridgehead atoms. The van der Waals surface area contributed by atoms with E-state index in [1.165, 1.54) is 0 Å². The summed E-state index contributed by atoms with van der Waals surface area (Å²) in [6, 6.07) is 31.0. The van der Waals surface area contributed by atoms with Crippen molar-refractivity contribution in [2.24, 2.45) is 0 Å². The summed E-state index contributed by atoms with van der Waals surface area (Å²) in [6.07, 6.45) is 0. The van der Waals surface area contributed by atoms with E-state index in [0.717, 1.165) is 21.4 Å². The van der Waals surface area contributed by atoms with Gasteiger partial charge in [-0.25, -0.2) is 9.97 Å². The maximum absolute atomic E-state index is 14.8. The van der Waals surface area contributed by atoms with Gasteiger partial charge in [0.2, 0.25) is 0 Å². The molecule has 2 heterocycles. The first-order chi connectivity index (χ1) is 17.9. The molecule has 0 N–H and O–H groups in total. The van der Waals surface area contributed by atoms with Crippen LogP contribution in [0, 0.1) is 0 Å². The van der Waals surface area contributed by atoms with Gasteiger partial charge in [-0.05, 0) is 12.1 Å². The molecule has 5 rings (SSSR count). The Morgan fingerprint density at radius 2 is 0.789 bits per heavy atom. The number of nitrogens with zero attached hydrogens (tertiary/aromatic N) is 2. The fraction of sp³-hybridized carbons (Fsp3) is 0.250. The van der Waals surface area contributed by atoms with Crippen LogP contribution < -0.4 is 21.5 Å². The predicted octanol–water partition coefficient (Wildman–Crippen LogP) is 7.01. The summed E-state index contributed by atoms with van der Waals surface area (Å²) in [5.41, 5.74) is 2.47. The van der Waals surface area contributed by atoms with E-state index in [4.69, 9.17) is 9.97 Å². The summed E-state index contributed by atoms with van der Waals surface area (Å²) >= 11 is 0. The third kappa shape index (κ3) is 4.15. The second-order valence-electron chi connectivity index (χ2n) is 11.8. The lowest BCUT2D eigenvalue weighted by molar-refractivity contribution is 0.562. The summed E-state index contributed by atoms with van der Waals surface area (Å²) in [5.74, 6) is 0. The summed E-state index contributed by atoms with van der Waals surface area (Å²) in [4.78, 5) is 10.1. The van der Waals surface area contributed by atoms with Crippen molar-refractivity contribution in [3.63, 3.8) is 0 Å². The lowest BCUT2D eigenvalue weighted by Gasteiger charge is -2.32. The molecule has 2 atom stereocenters. The Balaban J connectivity index is 1.80. The van der Waals surface area contributed by atoms with Crippen molar-refractivity contribution in [1.82, 2.24) is 9.97 Å². The van der Waals surface area contributed by atoms with Gasteiger partial charge in [-0.2, -0.15) is 0 Å². The Morgan fingerprint density at radius 1 is 0.474 bits per heavy atom. The van der Waals surface area contributed by atoms with Gasteiger partial charge in [0.25, 0.3) is 0 Å². The quantitative estimate of drug-likeness (QED) is 0.182. The highest BCUT2D eigenvalue weighted by Gasteiger charge is 2.42. The van der Waals surface area contributed by atoms with Crippen LogP contribution in [-0.4, -0.2) is 20.3 Å². The molecule has 0 aliphatic carbocycles. The van der Waals surface area contributed by atoms with E-state index >= 15 is 0 Å². The van der Waals surface area contributed by atoms with Gasteiger partial charge >= 0.3 is 0 Å². The van der Waals surface area contributed by atoms with Gasteiger partial charge in [0.05, 0.1) is 11.0 Å². The first kappa shape index (κ1) is 26.5. The fourth-order valence-electron chi connectivity index (χ4n) is 5.10. The Morgan fingerprint density at radius 3 is 1.11 bits per heavy atom. The summed E-state index contributed by atoms with van der Waals surface area (Å²) in [7, 11) is -6.21. The van der Waals surface area contributed by atoms with Crippen LogP contribution in [0.15, 0.2) is 97.1 Å². The topological polar surface area (TPSA) is 59.9 Å². The Bertz CT molecular complexity index is 1600. The van der Waals surface area contributed by atoms with Crippen molar-refractivity contribution < 1.29 is 9.13 Å². The molecular formula is C32H34N2O2P2. The molecule has 0 aliphatic heterocycles. The minimum atomic E-state index is -3.10. The summed E-state index contributed by atoms with van der Waals surface area (Å²) in [5, 5.41) is 2.32. The number of benzene rings is 3. The molecule has 0 saturated carbocycles.